The molecule has 0 saturated carbocycles. The van der Waals surface area contributed by atoms with E-state index >= 15 is 0 Å². The van der Waals surface area contributed by atoms with Gasteiger partial charge in [-0.2, -0.15) is 0 Å². The van der Waals surface area contributed by atoms with Crippen LogP contribution in [-0.2, 0) is 14.0 Å². The zero-order valence-electron chi connectivity index (χ0n) is 19.5. The van der Waals surface area contributed by atoms with Crippen LogP contribution in [0.1, 0.15) is 53.2 Å². The molecular weight excluding hydrogens is 462 g/mol. The SMILES string of the molecule is COC(=O)[C@@H]([C@H](O[Si](C)(C)C(C)(C)C)c1ccc(O)c(Cl)c1)N1C(=O)c2ccccc2C1=O. The summed E-state index contributed by atoms with van der Waals surface area (Å²) in [5.74, 6) is -2.13. The molecule has 176 valence electrons. The number of phenolic OH excluding ortho intramolecular Hbond substituents is 1. The number of carbonyl (C=O) groups is 3. The van der Waals surface area contributed by atoms with Crippen molar-refractivity contribution >= 4 is 37.7 Å². The zero-order chi connectivity index (χ0) is 24.7. The minimum Gasteiger partial charge on any atom is -0.506 e. The number of halogens is 1. The number of fused-ring (bicyclic) bond motifs is 1. The molecule has 9 heteroatoms. The molecule has 3 rings (SSSR count). The summed E-state index contributed by atoms with van der Waals surface area (Å²) in [6.45, 7) is 10.1. The lowest BCUT2D eigenvalue weighted by atomic mass is 10.0. The molecule has 7 nitrogen and oxygen atoms in total. The first kappa shape index (κ1) is 24.9. The van der Waals surface area contributed by atoms with Crippen LogP contribution in [0.15, 0.2) is 42.5 Å². The Bertz CT molecular complexity index is 1080. The van der Waals surface area contributed by atoms with Gasteiger partial charge in [0.15, 0.2) is 14.4 Å². The van der Waals surface area contributed by atoms with Crippen LogP contribution in [0.25, 0.3) is 0 Å². The summed E-state index contributed by atoms with van der Waals surface area (Å²) in [6, 6.07) is 9.44. The average molecular weight is 490 g/mol. The van der Waals surface area contributed by atoms with Crippen molar-refractivity contribution in [2.75, 3.05) is 7.11 Å². The van der Waals surface area contributed by atoms with Gasteiger partial charge in [-0.25, -0.2) is 4.79 Å². The van der Waals surface area contributed by atoms with E-state index in [-0.39, 0.29) is 26.9 Å². The first-order valence-corrected chi connectivity index (χ1v) is 13.8. The van der Waals surface area contributed by atoms with Gasteiger partial charge in [-0.15, -0.1) is 0 Å². The Morgan fingerprint density at radius 2 is 1.61 bits per heavy atom. The van der Waals surface area contributed by atoms with Crippen molar-refractivity contribution in [3.63, 3.8) is 0 Å². The monoisotopic (exact) mass is 489 g/mol. The van der Waals surface area contributed by atoms with Gasteiger partial charge < -0.3 is 14.3 Å². The van der Waals surface area contributed by atoms with Crippen LogP contribution >= 0.6 is 11.6 Å². The van der Waals surface area contributed by atoms with Crippen LogP contribution in [0.4, 0.5) is 0 Å². The standard InChI is InChI=1S/C24H28ClNO6Si/c1-24(2,3)33(5,6)32-20(14-11-12-18(27)17(25)13-14)19(23(30)31-4)26-21(28)15-9-7-8-10-16(15)22(26)29/h7-13,19-20,27H,1-6H3/t19-,20-/m1/s1. The largest absolute Gasteiger partial charge is 0.506 e. The molecule has 2 amide bonds. The van der Waals surface area contributed by atoms with E-state index in [1.54, 1.807) is 30.3 Å². The highest BCUT2D eigenvalue weighted by atomic mass is 35.5. The van der Waals surface area contributed by atoms with Crippen molar-refractivity contribution < 1.29 is 28.7 Å². The first-order chi connectivity index (χ1) is 15.3. The zero-order valence-corrected chi connectivity index (χ0v) is 21.3. The number of esters is 1. The minimum atomic E-state index is -2.54. The lowest BCUT2D eigenvalue weighted by Crippen LogP contribution is -2.53. The summed E-state index contributed by atoms with van der Waals surface area (Å²) < 4.78 is 11.7. The van der Waals surface area contributed by atoms with Crippen molar-refractivity contribution in [2.24, 2.45) is 0 Å². The van der Waals surface area contributed by atoms with Gasteiger partial charge in [-0.05, 0) is 48.0 Å². The molecule has 1 aliphatic rings. The Labute approximate surface area is 199 Å². The molecular formula is C24H28ClNO6Si. The van der Waals surface area contributed by atoms with Crippen LogP contribution in [0.2, 0.25) is 23.2 Å². The van der Waals surface area contributed by atoms with Gasteiger partial charge in [0.2, 0.25) is 0 Å². The van der Waals surface area contributed by atoms with E-state index in [0.29, 0.717) is 5.56 Å². The van der Waals surface area contributed by atoms with Crippen LogP contribution in [-0.4, -0.2) is 49.3 Å². The minimum absolute atomic E-state index is 0.0577. The topological polar surface area (TPSA) is 93.1 Å². The molecule has 0 spiro atoms. The maximum Gasteiger partial charge on any atom is 0.332 e. The van der Waals surface area contributed by atoms with E-state index in [1.807, 2.05) is 33.9 Å². The Morgan fingerprint density at radius 1 is 1.06 bits per heavy atom. The quantitative estimate of drug-likeness (QED) is 0.350. The fourth-order valence-corrected chi connectivity index (χ4v) is 4.90. The number of hydrogen-bond acceptors (Lipinski definition) is 6. The van der Waals surface area contributed by atoms with Gasteiger partial charge in [0.05, 0.1) is 23.3 Å². The number of hydrogen-bond donors (Lipinski definition) is 1. The molecule has 33 heavy (non-hydrogen) atoms. The number of amides is 2. The number of methoxy groups -OCH3 is 1. The van der Waals surface area contributed by atoms with Crippen LogP contribution in [0, 0.1) is 0 Å². The van der Waals surface area contributed by atoms with Crippen molar-refractivity contribution in [3.05, 3.63) is 64.2 Å². The number of imide groups is 1. The van der Waals surface area contributed by atoms with E-state index < -0.39 is 38.2 Å². The van der Waals surface area contributed by atoms with E-state index in [1.165, 1.54) is 19.2 Å². The Kier molecular flexibility index (Phi) is 6.75. The van der Waals surface area contributed by atoms with Crippen LogP contribution in [0.3, 0.4) is 0 Å². The molecule has 0 bridgehead atoms. The summed E-state index contributed by atoms with van der Waals surface area (Å²) in [7, 11) is -1.35. The van der Waals surface area contributed by atoms with Gasteiger partial charge in [0.1, 0.15) is 11.9 Å². The van der Waals surface area contributed by atoms with Crippen LogP contribution < -0.4 is 0 Å². The number of ether oxygens (including phenoxy) is 1. The number of phenols is 1. The lowest BCUT2D eigenvalue weighted by molar-refractivity contribution is -0.149. The Hall–Kier alpha value is -2.68. The molecule has 1 aliphatic heterocycles. The van der Waals surface area contributed by atoms with Gasteiger partial charge in [0, 0.05) is 0 Å². The van der Waals surface area contributed by atoms with Crippen LogP contribution in [0.5, 0.6) is 5.75 Å². The Balaban J connectivity index is 2.19. The summed E-state index contributed by atoms with van der Waals surface area (Å²) in [4.78, 5) is 40.6. The van der Waals surface area contributed by atoms with Crippen molar-refractivity contribution in [1.29, 1.82) is 0 Å². The van der Waals surface area contributed by atoms with Crippen molar-refractivity contribution in [2.45, 2.75) is 51.0 Å². The number of carbonyl (C=O) groups excluding carboxylic acids is 3. The lowest BCUT2D eigenvalue weighted by Gasteiger charge is -2.42. The fraction of sp³-hybridized carbons (Fsp3) is 0.375. The third-order valence-electron chi connectivity index (χ3n) is 6.36. The average Bonchev–Trinajstić information content (AvgIpc) is 2.99. The van der Waals surface area contributed by atoms with Gasteiger partial charge in [-0.1, -0.05) is 50.6 Å². The second-order valence-electron chi connectivity index (χ2n) is 9.50. The van der Waals surface area contributed by atoms with Gasteiger partial charge in [0.25, 0.3) is 11.8 Å². The maximum absolute atomic E-state index is 13.3. The predicted octanol–water partition coefficient (Wildman–Crippen LogP) is 4.95. The summed E-state index contributed by atoms with van der Waals surface area (Å²) >= 11 is 6.17. The molecule has 0 radical (unpaired) electrons. The smallest absolute Gasteiger partial charge is 0.332 e. The molecule has 1 heterocycles. The van der Waals surface area contributed by atoms with E-state index in [9.17, 15) is 19.5 Å². The molecule has 0 saturated heterocycles. The van der Waals surface area contributed by atoms with Gasteiger partial charge >= 0.3 is 5.97 Å². The highest BCUT2D eigenvalue weighted by Crippen LogP contribution is 2.43. The number of aromatic hydroxyl groups is 1. The number of rotatable bonds is 6. The third-order valence-corrected chi connectivity index (χ3v) is 11.1. The number of benzene rings is 2. The molecule has 2 atom stereocenters. The van der Waals surface area contributed by atoms with Crippen molar-refractivity contribution in [3.8, 4) is 5.75 Å². The highest BCUT2D eigenvalue weighted by Gasteiger charge is 2.50. The molecule has 2 aromatic rings. The molecule has 0 aromatic heterocycles. The van der Waals surface area contributed by atoms with E-state index in [2.05, 4.69) is 0 Å². The fourth-order valence-electron chi connectivity index (χ4n) is 3.45. The molecule has 0 unspecified atom stereocenters. The molecule has 1 N–H and O–H groups in total. The third kappa shape index (κ3) is 4.55. The van der Waals surface area contributed by atoms with Gasteiger partial charge in [-0.3, -0.25) is 14.5 Å². The highest BCUT2D eigenvalue weighted by molar-refractivity contribution is 6.74. The summed E-state index contributed by atoms with van der Waals surface area (Å²) in [5, 5.41) is 9.74. The molecule has 0 aliphatic carbocycles. The summed E-state index contributed by atoms with van der Waals surface area (Å²) in [6.07, 6.45) is -1.06. The summed E-state index contributed by atoms with van der Waals surface area (Å²) in [5.41, 5.74) is 0.868. The van der Waals surface area contributed by atoms with Crippen molar-refractivity contribution in [1.82, 2.24) is 4.90 Å². The normalized spacial score (nSPS) is 15.9. The van der Waals surface area contributed by atoms with E-state index in [0.717, 1.165) is 4.90 Å². The molecule has 0 fully saturated rings. The number of nitrogens with zero attached hydrogens (tertiary/aromatic N) is 1. The Morgan fingerprint density at radius 3 is 2.06 bits per heavy atom. The second kappa shape index (κ2) is 8.93. The maximum atomic E-state index is 13.3. The molecule has 2 aromatic carbocycles. The van der Waals surface area contributed by atoms with E-state index in [4.69, 9.17) is 20.8 Å². The first-order valence-electron chi connectivity index (χ1n) is 10.5. The predicted molar refractivity (Wildman–Crippen MR) is 127 cm³/mol. The second-order valence-corrected chi connectivity index (χ2v) is 14.7.